The zero-order chi connectivity index (χ0) is 32.7. The van der Waals surface area contributed by atoms with Crippen LogP contribution < -0.4 is 11.1 Å². The molecule has 0 spiro atoms. The maximum absolute atomic E-state index is 13.5. The molecule has 10 heteroatoms. The van der Waals surface area contributed by atoms with Gasteiger partial charge in [-0.05, 0) is 41.8 Å². The molecule has 0 atom stereocenters. The Morgan fingerprint density at radius 1 is 0.511 bits per heavy atom. The second-order valence-corrected chi connectivity index (χ2v) is 12.0. The van der Waals surface area contributed by atoms with Crippen molar-refractivity contribution in [2.45, 2.75) is 18.3 Å². The molecule has 0 saturated carbocycles. The van der Waals surface area contributed by atoms with E-state index < -0.39 is 11.8 Å². The number of hydrogen-bond donors (Lipinski definition) is 0. The summed E-state index contributed by atoms with van der Waals surface area (Å²) in [6.45, 7) is 0. The van der Waals surface area contributed by atoms with Crippen LogP contribution in [0.4, 0.5) is 0 Å². The SMILES string of the molecule is Cn1c(C2C(=O)c3ccccc3C2=O)nc2ccc(Cc3ccc4nc(C5C(=O)c6ccccc6C5=O)n(C)c(=O)c4c3)cc2c1=O. The van der Waals surface area contributed by atoms with Crippen molar-refractivity contribution in [3.8, 4) is 0 Å². The van der Waals surface area contributed by atoms with Gasteiger partial charge in [0.05, 0.1) is 21.8 Å². The van der Waals surface area contributed by atoms with Crippen LogP contribution in [0, 0.1) is 0 Å². The van der Waals surface area contributed by atoms with Gasteiger partial charge < -0.3 is 0 Å². The van der Waals surface area contributed by atoms with Gasteiger partial charge in [-0.3, -0.25) is 37.9 Å². The molecule has 4 aromatic carbocycles. The summed E-state index contributed by atoms with van der Waals surface area (Å²) in [7, 11) is 3.01. The number of hydrogen-bond acceptors (Lipinski definition) is 8. The summed E-state index contributed by atoms with van der Waals surface area (Å²) in [5.41, 5.74) is 2.85. The fourth-order valence-electron chi connectivity index (χ4n) is 6.80. The van der Waals surface area contributed by atoms with Crippen LogP contribution in [0.25, 0.3) is 21.8 Å². The van der Waals surface area contributed by atoms with E-state index in [1.807, 2.05) is 12.1 Å². The Morgan fingerprint density at radius 3 is 1.19 bits per heavy atom. The van der Waals surface area contributed by atoms with Crippen LogP contribution in [-0.4, -0.2) is 42.2 Å². The number of benzene rings is 4. The van der Waals surface area contributed by atoms with E-state index in [-0.39, 0.29) is 45.9 Å². The lowest BCUT2D eigenvalue weighted by Gasteiger charge is -2.14. The molecule has 0 aliphatic heterocycles. The van der Waals surface area contributed by atoms with Crippen LogP contribution in [0.3, 0.4) is 0 Å². The van der Waals surface area contributed by atoms with Crippen molar-refractivity contribution in [1.29, 1.82) is 0 Å². The predicted molar refractivity (Wildman–Crippen MR) is 172 cm³/mol. The van der Waals surface area contributed by atoms with E-state index in [1.54, 1.807) is 72.8 Å². The molecular formula is C37H24N4O6. The molecule has 0 unspecified atom stereocenters. The molecule has 0 amide bonds. The highest BCUT2D eigenvalue weighted by molar-refractivity contribution is 6.30. The van der Waals surface area contributed by atoms with Gasteiger partial charge in [0.15, 0.2) is 23.1 Å². The minimum atomic E-state index is -1.18. The van der Waals surface area contributed by atoms with Gasteiger partial charge in [-0.15, -0.1) is 0 Å². The van der Waals surface area contributed by atoms with E-state index in [2.05, 4.69) is 9.97 Å². The van der Waals surface area contributed by atoms with Crippen LogP contribution in [0.5, 0.6) is 0 Å². The number of nitrogens with zero attached hydrogens (tertiary/aromatic N) is 4. The molecule has 0 bridgehead atoms. The number of fused-ring (bicyclic) bond motifs is 4. The van der Waals surface area contributed by atoms with Crippen molar-refractivity contribution < 1.29 is 19.2 Å². The Morgan fingerprint density at radius 2 is 0.851 bits per heavy atom. The van der Waals surface area contributed by atoms with Crippen molar-refractivity contribution >= 4 is 44.9 Å². The van der Waals surface area contributed by atoms with E-state index >= 15 is 0 Å². The van der Waals surface area contributed by atoms with Crippen LogP contribution in [0.1, 0.15) is 76.0 Å². The van der Waals surface area contributed by atoms with Gasteiger partial charge in [-0.1, -0.05) is 60.7 Å². The van der Waals surface area contributed by atoms with Crippen LogP contribution in [0.15, 0.2) is 94.5 Å². The topological polar surface area (TPSA) is 138 Å². The third-order valence-electron chi connectivity index (χ3n) is 9.24. The smallest absolute Gasteiger partial charge is 0.261 e. The molecule has 2 aliphatic rings. The third kappa shape index (κ3) is 4.11. The minimum Gasteiger partial charge on any atom is -0.298 e. The second kappa shape index (κ2) is 10.2. The van der Waals surface area contributed by atoms with Gasteiger partial charge >= 0.3 is 0 Å². The quantitative estimate of drug-likeness (QED) is 0.269. The average molecular weight is 621 g/mol. The number of Topliss-reactive ketones (excluding diaryl/α,β-unsaturated/α-hetero) is 4. The van der Waals surface area contributed by atoms with Crippen LogP contribution in [-0.2, 0) is 20.5 Å². The molecular weight excluding hydrogens is 596 g/mol. The first kappa shape index (κ1) is 28.3. The molecule has 0 radical (unpaired) electrons. The van der Waals surface area contributed by atoms with Gasteiger partial charge in [-0.2, -0.15) is 0 Å². The van der Waals surface area contributed by atoms with Crippen LogP contribution >= 0.6 is 0 Å². The fraction of sp³-hybridized carbons (Fsp3) is 0.135. The molecule has 2 aromatic heterocycles. The van der Waals surface area contributed by atoms with Gasteiger partial charge in [0.1, 0.15) is 23.5 Å². The van der Waals surface area contributed by atoms with Crippen molar-refractivity contribution in [1.82, 2.24) is 19.1 Å². The Labute approximate surface area is 266 Å². The molecule has 10 nitrogen and oxygen atoms in total. The number of rotatable bonds is 4. The Bertz CT molecular complexity index is 2320. The number of aromatic nitrogens is 4. The summed E-state index contributed by atoms with van der Waals surface area (Å²) in [5.74, 6) is -3.65. The van der Waals surface area contributed by atoms with E-state index in [1.165, 1.54) is 23.2 Å². The first-order chi connectivity index (χ1) is 22.6. The summed E-state index contributed by atoms with van der Waals surface area (Å²) in [5, 5.41) is 0.665. The fourth-order valence-corrected chi connectivity index (χ4v) is 6.80. The standard InChI is InChI=1S/C37H24N4O6/c1-40-34(28-30(42)20-7-3-4-8-21(20)31(28)43)38-26-13-11-18(16-24(26)36(40)46)15-19-12-14-27-25(17-19)37(47)41(2)35(39-27)29-32(44)22-9-5-6-10-23(22)33(29)45/h3-14,16-17,28-29H,15H2,1-2H3. The van der Waals surface area contributed by atoms with Gasteiger partial charge in [0, 0.05) is 36.3 Å². The van der Waals surface area contributed by atoms with Crippen molar-refractivity contribution in [2.75, 3.05) is 0 Å². The normalized spacial score (nSPS) is 14.9. The molecule has 0 fully saturated rings. The highest BCUT2D eigenvalue weighted by atomic mass is 16.2. The first-order valence-corrected chi connectivity index (χ1v) is 15.0. The summed E-state index contributed by atoms with van der Waals surface area (Å²) in [6.07, 6.45) is 0.380. The molecule has 228 valence electrons. The third-order valence-corrected chi connectivity index (χ3v) is 9.24. The largest absolute Gasteiger partial charge is 0.298 e. The highest BCUT2D eigenvalue weighted by Crippen LogP contribution is 2.34. The summed E-state index contributed by atoms with van der Waals surface area (Å²) >= 11 is 0. The lowest BCUT2D eigenvalue weighted by atomic mass is 10.00. The maximum Gasteiger partial charge on any atom is 0.261 e. The van der Waals surface area contributed by atoms with Gasteiger partial charge in [0.2, 0.25) is 0 Å². The number of carbonyl (C=O) groups is 4. The Kier molecular flexibility index (Phi) is 6.13. The van der Waals surface area contributed by atoms with Gasteiger partial charge in [-0.25, -0.2) is 9.97 Å². The molecule has 47 heavy (non-hydrogen) atoms. The van der Waals surface area contributed by atoms with Crippen molar-refractivity contribution in [3.05, 3.63) is 151 Å². The Hall–Kier alpha value is -6.16. The zero-order valence-corrected chi connectivity index (χ0v) is 25.2. The molecule has 0 N–H and O–H groups in total. The monoisotopic (exact) mass is 620 g/mol. The molecule has 0 saturated heterocycles. The van der Waals surface area contributed by atoms with Crippen molar-refractivity contribution in [2.24, 2.45) is 14.1 Å². The summed E-state index contributed by atoms with van der Waals surface area (Å²) in [4.78, 5) is 88.7. The first-order valence-electron chi connectivity index (χ1n) is 15.0. The lowest BCUT2D eigenvalue weighted by molar-refractivity contribution is 0.0867. The summed E-state index contributed by atoms with van der Waals surface area (Å²) in [6, 6.07) is 23.7. The lowest BCUT2D eigenvalue weighted by Crippen LogP contribution is -2.28. The zero-order valence-electron chi connectivity index (χ0n) is 25.2. The highest BCUT2D eigenvalue weighted by Gasteiger charge is 2.43. The molecule has 6 aromatic rings. The minimum absolute atomic E-state index is 0.101. The number of ketones is 4. The number of carbonyl (C=O) groups excluding carboxylic acids is 4. The van der Waals surface area contributed by atoms with Gasteiger partial charge in [0.25, 0.3) is 11.1 Å². The maximum atomic E-state index is 13.5. The van der Waals surface area contributed by atoms with E-state index in [4.69, 9.17) is 0 Å². The predicted octanol–water partition coefficient (Wildman–Crippen LogP) is 4.10. The molecule has 8 rings (SSSR count). The Balaban J connectivity index is 1.12. The van der Waals surface area contributed by atoms with E-state index in [0.717, 1.165) is 11.1 Å². The molecule has 2 heterocycles. The summed E-state index contributed by atoms with van der Waals surface area (Å²) < 4.78 is 2.53. The molecule has 2 aliphatic carbocycles. The second-order valence-electron chi connectivity index (χ2n) is 12.0. The van der Waals surface area contributed by atoms with Crippen LogP contribution in [0.2, 0.25) is 0 Å². The van der Waals surface area contributed by atoms with Crippen molar-refractivity contribution in [3.63, 3.8) is 0 Å². The van der Waals surface area contributed by atoms with E-state index in [0.29, 0.717) is 50.5 Å². The average Bonchev–Trinajstić information content (AvgIpc) is 3.49. The van der Waals surface area contributed by atoms with E-state index in [9.17, 15) is 28.8 Å².